The Labute approximate surface area is 55.4 Å². The number of amides is 1. The quantitative estimate of drug-likeness (QED) is 0.488. The van der Waals surface area contributed by atoms with Crippen LogP contribution < -0.4 is 0 Å². The second-order valence-corrected chi connectivity index (χ2v) is 1.74. The van der Waals surface area contributed by atoms with Crippen LogP contribution in [-0.2, 0) is 4.79 Å². The van der Waals surface area contributed by atoms with Crippen molar-refractivity contribution in [1.82, 2.24) is 4.90 Å². The normalized spacial score (nSPS) is 10.1. The summed E-state index contributed by atoms with van der Waals surface area (Å²) in [6.07, 6.45) is 1.31. The van der Waals surface area contributed by atoms with Gasteiger partial charge in [0.15, 0.2) is 0 Å². The molecular formula is C6H12N2O. The SMILES string of the molecule is CCN(C)C(=O)C=NC. The Bertz CT molecular complexity index is 120. The molecule has 0 bridgehead atoms. The fourth-order valence-corrected chi connectivity index (χ4v) is 0.365. The summed E-state index contributed by atoms with van der Waals surface area (Å²) in [5.74, 6) is -0.0417. The second kappa shape index (κ2) is 4.06. The van der Waals surface area contributed by atoms with Crippen molar-refractivity contribution in [2.75, 3.05) is 20.6 Å². The molecule has 0 aliphatic rings. The van der Waals surface area contributed by atoms with Gasteiger partial charge in [0, 0.05) is 20.6 Å². The number of aliphatic imine (C=N–C) groups is 1. The number of hydrogen-bond donors (Lipinski definition) is 0. The van der Waals surface area contributed by atoms with Crippen molar-refractivity contribution in [1.29, 1.82) is 0 Å². The molecule has 3 heteroatoms. The van der Waals surface area contributed by atoms with E-state index in [4.69, 9.17) is 0 Å². The van der Waals surface area contributed by atoms with Crippen LogP contribution >= 0.6 is 0 Å². The Balaban J connectivity index is 3.73. The molecule has 0 N–H and O–H groups in total. The first kappa shape index (κ1) is 8.14. The number of carbonyl (C=O) groups excluding carboxylic acids is 1. The zero-order valence-corrected chi connectivity index (χ0v) is 6.09. The van der Waals surface area contributed by atoms with Crippen LogP contribution in [0, 0.1) is 0 Å². The lowest BCUT2D eigenvalue weighted by Gasteiger charge is -2.09. The molecule has 9 heavy (non-hydrogen) atoms. The zero-order chi connectivity index (χ0) is 7.28. The van der Waals surface area contributed by atoms with Gasteiger partial charge in [-0.3, -0.25) is 9.79 Å². The summed E-state index contributed by atoms with van der Waals surface area (Å²) in [6, 6.07) is 0. The Hall–Kier alpha value is -0.860. The van der Waals surface area contributed by atoms with Gasteiger partial charge in [0.25, 0.3) is 5.91 Å². The highest BCUT2D eigenvalue weighted by atomic mass is 16.2. The van der Waals surface area contributed by atoms with E-state index in [-0.39, 0.29) is 5.91 Å². The molecule has 1 amide bonds. The minimum Gasteiger partial charge on any atom is -0.341 e. The molecule has 0 saturated heterocycles. The number of carbonyl (C=O) groups is 1. The topological polar surface area (TPSA) is 32.7 Å². The van der Waals surface area contributed by atoms with Crippen LogP contribution in [0.15, 0.2) is 4.99 Å². The van der Waals surface area contributed by atoms with Crippen molar-refractivity contribution < 1.29 is 4.79 Å². The summed E-state index contributed by atoms with van der Waals surface area (Å²) in [5, 5.41) is 0. The zero-order valence-electron chi connectivity index (χ0n) is 6.09. The highest BCUT2D eigenvalue weighted by Gasteiger charge is 1.99. The molecule has 0 heterocycles. The van der Waals surface area contributed by atoms with Crippen LogP contribution in [0.25, 0.3) is 0 Å². The van der Waals surface area contributed by atoms with Crippen LogP contribution in [0.3, 0.4) is 0 Å². The summed E-state index contributed by atoms with van der Waals surface area (Å²) in [4.78, 5) is 15.9. The van der Waals surface area contributed by atoms with E-state index in [1.807, 2.05) is 6.92 Å². The third-order valence-corrected chi connectivity index (χ3v) is 1.09. The second-order valence-electron chi connectivity index (χ2n) is 1.74. The van der Waals surface area contributed by atoms with Gasteiger partial charge in [0.05, 0.1) is 6.21 Å². The lowest BCUT2D eigenvalue weighted by Crippen LogP contribution is -2.26. The molecule has 0 aliphatic heterocycles. The van der Waals surface area contributed by atoms with Crippen LogP contribution in [0.1, 0.15) is 6.92 Å². The van der Waals surface area contributed by atoms with Gasteiger partial charge >= 0.3 is 0 Å². The number of rotatable bonds is 2. The van der Waals surface area contributed by atoms with E-state index in [2.05, 4.69) is 4.99 Å². The highest BCUT2D eigenvalue weighted by molar-refractivity contribution is 6.25. The van der Waals surface area contributed by atoms with Crippen molar-refractivity contribution in [3.05, 3.63) is 0 Å². The van der Waals surface area contributed by atoms with Gasteiger partial charge in [-0.25, -0.2) is 0 Å². The van der Waals surface area contributed by atoms with E-state index >= 15 is 0 Å². The summed E-state index contributed by atoms with van der Waals surface area (Å²) in [6.45, 7) is 2.65. The highest BCUT2D eigenvalue weighted by Crippen LogP contribution is 1.78. The molecule has 0 unspecified atom stereocenters. The lowest BCUT2D eigenvalue weighted by atomic mass is 10.5. The van der Waals surface area contributed by atoms with E-state index in [1.165, 1.54) is 6.21 Å². The van der Waals surface area contributed by atoms with Crippen LogP contribution in [0.2, 0.25) is 0 Å². The Morgan fingerprint density at radius 3 is 2.67 bits per heavy atom. The minimum atomic E-state index is -0.0417. The van der Waals surface area contributed by atoms with Crippen molar-refractivity contribution in [3.63, 3.8) is 0 Å². The summed E-state index contributed by atoms with van der Waals surface area (Å²) < 4.78 is 0. The molecule has 52 valence electrons. The standard InChI is InChI=1S/C6H12N2O/c1-4-8(3)6(9)5-7-2/h5H,4H2,1-3H3. The van der Waals surface area contributed by atoms with Crippen molar-refractivity contribution in [2.45, 2.75) is 6.92 Å². The summed E-state index contributed by atoms with van der Waals surface area (Å²) >= 11 is 0. The van der Waals surface area contributed by atoms with E-state index in [1.54, 1.807) is 19.0 Å². The van der Waals surface area contributed by atoms with Crippen molar-refractivity contribution in [3.8, 4) is 0 Å². The van der Waals surface area contributed by atoms with Crippen LogP contribution in [0.5, 0.6) is 0 Å². The number of hydrogen-bond acceptors (Lipinski definition) is 2. The molecule has 0 fully saturated rings. The van der Waals surface area contributed by atoms with Gasteiger partial charge in [-0.05, 0) is 6.92 Å². The first-order valence-corrected chi connectivity index (χ1v) is 2.89. The summed E-state index contributed by atoms with van der Waals surface area (Å²) in [5.41, 5.74) is 0. The van der Waals surface area contributed by atoms with E-state index in [9.17, 15) is 4.79 Å². The third kappa shape index (κ3) is 2.85. The Morgan fingerprint density at radius 1 is 1.78 bits per heavy atom. The van der Waals surface area contributed by atoms with Gasteiger partial charge in [-0.2, -0.15) is 0 Å². The number of nitrogens with zero attached hydrogens (tertiary/aromatic N) is 2. The van der Waals surface area contributed by atoms with E-state index in [0.717, 1.165) is 6.54 Å². The predicted molar refractivity (Wildman–Crippen MR) is 37.7 cm³/mol. The van der Waals surface area contributed by atoms with Gasteiger partial charge in [0.2, 0.25) is 0 Å². The lowest BCUT2D eigenvalue weighted by molar-refractivity contribution is -0.122. The Morgan fingerprint density at radius 2 is 2.33 bits per heavy atom. The molecule has 0 aromatic rings. The maximum Gasteiger partial charge on any atom is 0.264 e. The molecule has 0 atom stereocenters. The van der Waals surface area contributed by atoms with E-state index in [0.29, 0.717) is 0 Å². The molecule has 0 radical (unpaired) electrons. The molecular weight excluding hydrogens is 116 g/mol. The Kier molecular flexibility index (Phi) is 3.67. The molecule has 0 saturated carbocycles. The molecule has 0 rings (SSSR count). The van der Waals surface area contributed by atoms with E-state index < -0.39 is 0 Å². The molecule has 0 aliphatic carbocycles. The average Bonchev–Trinajstić information content (AvgIpc) is 1.87. The van der Waals surface area contributed by atoms with Crippen LogP contribution in [0.4, 0.5) is 0 Å². The maximum atomic E-state index is 10.8. The smallest absolute Gasteiger partial charge is 0.264 e. The van der Waals surface area contributed by atoms with Gasteiger partial charge < -0.3 is 4.90 Å². The first-order chi connectivity index (χ1) is 4.22. The molecule has 3 nitrogen and oxygen atoms in total. The van der Waals surface area contributed by atoms with Gasteiger partial charge in [-0.15, -0.1) is 0 Å². The summed E-state index contributed by atoms with van der Waals surface area (Å²) in [7, 11) is 3.32. The molecule has 0 aromatic heterocycles. The fourth-order valence-electron chi connectivity index (χ4n) is 0.365. The molecule has 0 spiro atoms. The monoisotopic (exact) mass is 128 g/mol. The average molecular weight is 128 g/mol. The minimum absolute atomic E-state index is 0.0417. The molecule has 0 aromatic carbocycles. The van der Waals surface area contributed by atoms with Crippen molar-refractivity contribution in [2.24, 2.45) is 4.99 Å². The van der Waals surface area contributed by atoms with Crippen LogP contribution in [-0.4, -0.2) is 37.7 Å². The van der Waals surface area contributed by atoms with Crippen molar-refractivity contribution >= 4 is 12.1 Å². The third-order valence-electron chi connectivity index (χ3n) is 1.09. The maximum absolute atomic E-state index is 10.8. The van der Waals surface area contributed by atoms with Gasteiger partial charge in [0.1, 0.15) is 0 Å². The predicted octanol–water partition coefficient (Wildman–Crippen LogP) is 0.165. The fraction of sp³-hybridized carbons (Fsp3) is 0.667. The largest absolute Gasteiger partial charge is 0.341 e. The first-order valence-electron chi connectivity index (χ1n) is 2.89. The van der Waals surface area contributed by atoms with Gasteiger partial charge in [-0.1, -0.05) is 0 Å².